The molecule has 0 bridgehead atoms. The number of ether oxygens (including phenoxy) is 1. The van der Waals surface area contributed by atoms with Crippen LogP contribution in [0.2, 0.25) is 0 Å². The molecule has 0 aliphatic heterocycles. The van der Waals surface area contributed by atoms with Crippen molar-refractivity contribution in [1.29, 1.82) is 0 Å². The van der Waals surface area contributed by atoms with Crippen LogP contribution in [0, 0.1) is 6.92 Å². The molecule has 1 unspecified atom stereocenters. The van der Waals surface area contributed by atoms with E-state index in [1.807, 2.05) is 13.8 Å². The summed E-state index contributed by atoms with van der Waals surface area (Å²) >= 11 is 1.20. The van der Waals surface area contributed by atoms with Crippen molar-refractivity contribution < 1.29 is 9.53 Å². The molecular weight excluding hydrogens is 226 g/mol. The first kappa shape index (κ1) is 12.9. The van der Waals surface area contributed by atoms with Crippen molar-refractivity contribution in [3.63, 3.8) is 0 Å². The maximum absolute atomic E-state index is 11.8. The molecule has 0 fully saturated rings. The number of nitrogens with zero attached hydrogens (tertiary/aromatic N) is 1. The minimum atomic E-state index is -0.140. The Bertz CT molecular complexity index is 365. The Morgan fingerprint density at radius 2 is 2.38 bits per heavy atom. The molecule has 0 aliphatic rings. The molecule has 0 aromatic carbocycles. The third-order valence-electron chi connectivity index (χ3n) is 1.97. The quantitative estimate of drug-likeness (QED) is 0.814. The Hall–Kier alpha value is -1.14. The summed E-state index contributed by atoms with van der Waals surface area (Å²) in [6, 6.07) is -0.0184. The average molecular weight is 243 g/mol. The fraction of sp³-hybridized carbons (Fsp3) is 0.600. The second-order valence-electron chi connectivity index (χ2n) is 3.50. The van der Waals surface area contributed by atoms with Crippen LogP contribution in [0.5, 0.6) is 0 Å². The molecule has 1 rings (SSSR count). The Morgan fingerprint density at radius 1 is 1.69 bits per heavy atom. The first-order valence-electron chi connectivity index (χ1n) is 5.16. The van der Waals surface area contributed by atoms with Gasteiger partial charge in [0.05, 0.1) is 12.3 Å². The molecule has 1 amide bonds. The Morgan fingerprint density at radius 3 is 2.88 bits per heavy atom. The normalized spacial score (nSPS) is 12.4. The van der Waals surface area contributed by atoms with Gasteiger partial charge in [-0.05, 0) is 20.8 Å². The molecule has 1 heterocycles. The Labute approximate surface area is 99.0 Å². The zero-order valence-electron chi connectivity index (χ0n) is 9.74. The SMILES string of the molecule is CCOCC(C)NC(=O)c1sc(N)nc1C. The van der Waals surface area contributed by atoms with Gasteiger partial charge in [-0.1, -0.05) is 11.3 Å². The fourth-order valence-corrected chi connectivity index (χ4v) is 1.99. The van der Waals surface area contributed by atoms with E-state index < -0.39 is 0 Å². The minimum absolute atomic E-state index is 0.0184. The molecule has 0 radical (unpaired) electrons. The first-order valence-corrected chi connectivity index (χ1v) is 5.97. The van der Waals surface area contributed by atoms with E-state index in [4.69, 9.17) is 10.5 Å². The van der Waals surface area contributed by atoms with Crippen LogP contribution in [-0.2, 0) is 4.74 Å². The number of hydrogen-bond donors (Lipinski definition) is 2. The van der Waals surface area contributed by atoms with E-state index in [-0.39, 0.29) is 11.9 Å². The summed E-state index contributed by atoms with van der Waals surface area (Å²) in [5, 5.41) is 3.25. The van der Waals surface area contributed by atoms with E-state index in [2.05, 4.69) is 10.3 Å². The highest BCUT2D eigenvalue weighted by Gasteiger charge is 2.15. The number of carbonyl (C=O) groups excluding carboxylic acids is 1. The molecule has 90 valence electrons. The Kier molecular flexibility index (Phi) is 4.70. The third-order valence-corrected chi connectivity index (χ3v) is 2.95. The van der Waals surface area contributed by atoms with Crippen molar-refractivity contribution in [2.75, 3.05) is 18.9 Å². The van der Waals surface area contributed by atoms with Crippen LogP contribution in [0.25, 0.3) is 0 Å². The molecule has 6 heteroatoms. The van der Waals surface area contributed by atoms with Crippen LogP contribution in [0.15, 0.2) is 0 Å². The predicted molar refractivity (Wildman–Crippen MR) is 64.7 cm³/mol. The Balaban J connectivity index is 2.55. The van der Waals surface area contributed by atoms with E-state index in [0.717, 1.165) is 0 Å². The largest absolute Gasteiger partial charge is 0.380 e. The molecule has 1 aromatic rings. The fourth-order valence-electron chi connectivity index (χ4n) is 1.25. The zero-order chi connectivity index (χ0) is 12.1. The molecule has 0 spiro atoms. The van der Waals surface area contributed by atoms with Crippen molar-refractivity contribution in [2.45, 2.75) is 26.8 Å². The van der Waals surface area contributed by atoms with E-state index in [0.29, 0.717) is 28.9 Å². The van der Waals surface area contributed by atoms with Crippen molar-refractivity contribution >= 4 is 22.4 Å². The molecular formula is C10H17N3O2S. The molecule has 16 heavy (non-hydrogen) atoms. The van der Waals surface area contributed by atoms with Crippen molar-refractivity contribution in [3.8, 4) is 0 Å². The van der Waals surface area contributed by atoms with Gasteiger partial charge in [0, 0.05) is 12.6 Å². The van der Waals surface area contributed by atoms with Gasteiger partial charge >= 0.3 is 0 Å². The maximum atomic E-state index is 11.8. The van der Waals surface area contributed by atoms with E-state index in [9.17, 15) is 4.79 Å². The second kappa shape index (κ2) is 5.81. The number of nitrogens with one attached hydrogen (secondary N) is 1. The van der Waals surface area contributed by atoms with Crippen molar-refractivity contribution in [2.24, 2.45) is 0 Å². The van der Waals surface area contributed by atoms with Crippen LogP contribution in [0.1, 0.15) is 29.2 Å². The highest BCUT2D eigenvalue weighted by Crippen LogP contribution is 2.19. The summed E-state index contributed by atoms with van der Waals surface area (Å²) in [7, 11) is 0. The van der Waals surface area contributed by atoms with Gasteiger partial charge in [-0.2, -0.15) is 0 Å². The van der Waals surface area contributed by atoms with E-state index in [1.165, 1.54) is 11.3 Å². The van der Waals surface area contributed by atoms with Crippen molar-refractivity contribution in [1.82, 2.24) is 10.3 Å². The van der Waals surface area contributed by atoms with E-state index >= 15 is 0 Å². The van der Waals surface area contributed by atoms with Crippen LogP contribution < -0.4 is 11.1 Å². The molecule has 5 nitrogen and oxygen atoms in total. The van der Waals surface area contributed by atoms with Gasteiger partial charge in [0.1, 0.15) is 4.88 Å². The first-order chi connectivity index (χ1) is 7.54. The summed E-state index contributed by atoms with van der Waals surface area (Å²) in [6.45, 7) is 6.74. The molecule has 3 N–H and O–H groups in total. The summed E-state index contributed by atoms with van der Waals surface area (Å²) in [6.07, 6.45) is 0. The summed E-state index contributed by atoms with van der Waals surface area (Å²) in [5.74, 6) is -0.140. The number of aryl methyl sites for hydroxylation is 1. The number of amides is 1. The van der Waals surface area contributed by atoms with Gasteiger partial charge in [-0.15, -0.1) is 0 Å². The second-order valence-corrected chi connectivity index (χ2v) is 4.53. The predicted octanol–water partition coefficient (Wildman–Crippen LogP) is 1.19. The number of anilines is 1. The van der Waals surface area contributed by atoms with Gasteiger partial charge in [0.25, 0.3) is 5.91 Å². The lowest BCUT2D eigenvalue weighted by Gasteiger charge is -2.12. The van der Waals surface area contributed by atoms with Gasteiger partial charge < -0.3 is 15.8 Å². The molecule has 0 saturated carbocycles. The lowest BCUT2D eigenvalue weighted by molar-refractivity contribution is 0.0875. The van der Waals surface area contributed by atoms with Gasteiger partial charge in [0.15, 0.2) is 5.13 Å². The topological polar surface area (TPSA) is 77.2 Å². The zero-order valence-corrected chi connectivity index (χ0v) is 10.6. The highest BCUT2D eigenvalue weighted by atomic mass is 32.1. The minimum Gasteiger partial charge on any atom is -0.380 e. The number of hydrogen-bond acceptors (Lipinski definition) is 5. The maximum Gasteiger partial charge on any atom is 0.263 e. The number of thiazole rings is 1. The highest BCUT2D eigenvalue weighted by molar-refractivity contribution is 7.17. The number of nitrogens with two attached hydrogens (primary N) is 1. The standard InChI is InChI=1S/C10H17N3O2S/c1-4-15-5-6(2)12-9(14)8-7(3)13-10(11)16-8/h6H,4-5H2,1-3H3,(H2,11,13)(H,12,14). The van der Waals surface area contributed by atoms with Gasteiger partial charge in [-0.3, -0.25) is 4.79 Å². The van der Waals surface area contributed by atoms with E-state index in [1.54, 1.807) is 6.92 Å². The number of carbonyl (C=O) groups is 1. The average Bonchev–Trinajstić information content (AvgIpc) is 2.54. The van der Waals surface area contributed by atoms with Gasteiger partial charge in [-0.25, -0.2) is 4.98 Å². The number of aromatic nitrogens is 1. The van der Waals surface area contributed by atoms with Crippen LogP contribution in [0.3, 0.4) is 0 Å². The third kappa shape index (κ3) is 3.46. The van der Waals surface area contributed by atoms with Crippen LogP contribution in [-0.4, -0.2) is 30.1 Å². The van der Waals surface area contributed by atoms with Crippen LogP contribution >= 0.6 is 11.3 Å². The molecule has 0 saturated heterocycles. The summed E-state index contributed by atoms with van der Waals surface area (Å²) in [4.78, 5) is 16.4. The summed E-state index contributed by atoms with van der Waals surface area (Å²) < 4.78 is 5.22. The lowest BCUT2D eigenvalue weighted by atomic mass is 10.3. The lowest BCUT2D eigenvalue weighted by Crippen LogP contribution is -2.35. The molecule has 1 atom stereocenters. The molecule has 0 aliphatic carbocycles. The van der Waals surface area contributed by atoms with Crippen LogP contribution in [0.4, 0.5) is 5.13 Å². The summed E-state index contributed by atoms with van der Waals surface area (Å²) in [5.41, 5.74) is 6.20. The molecule has 1 aromatic heterocycles. The van der Waals surface area contributed by atoms with Gasteiger partial charge in [0.2, 0.25) is 0 Å². The monoisotopic (exact) mass is 243 g/mol. The number of nitrogen functional groups attached to an aromatic ring is 1. The number of rotatable bonds is 5. The van der Waals surface area contributed by atoms with Crippen molar-refractivity contribution in [3.05, 3.63) is 10.6 Å². The smallest absolute Gasteiger partial charge is 0.263 e.